The zero-order chi connectivity index (χ0) is 6.62. The summed E-state index contributed by atoms with van der Waals surface area (Å²) in [5.74, 6) is 0. The smallest absolute Gasteiger partial charge is 0.0762 e. The fourth-order valence-corrected chi connectivity index (χ4v) is 0.454. The quantitative estimate of drug-likeness (QED) is 0.425. The van der Waals surface area contributed by atoms with Gasteiger partial charge in [-0.15, -0.1) is 0 Å². The van der Waals surface area contributed by atoms with Crippen LogP contribution in [0.15, 0.2) is 0 Å². The fraction of sp³-hybridized carbons (Fsp3) is 1.00. The maximum atomic E-state index is 5.54. The van der Waals surface area contributed by atoms with Gasteiger partial charge in [-0.2, -0.15) is 0 Å². The molecule has 0 spiro atoms. The van der Waals surface area contributed by atoms with Crippen LogP contribution >= 0.6 is 0 Å². The van der Waals surface area contributed by atoms with Crippen molar-refractivity contribution in [3.8, 4) is 0 Å². The van der Waals surface area contributed by atoms with Crippen molar-refractivity contribution in [2.75, 3.05) is 13.6 Å². The second-order valence-electron chi connectivity index (χ2n) is 2.12. The van der Waals surface area contributed by atoms with E-state index >= 15 is 0 Å². The van der Waals surface area contributed by atoms with Crippen LogP contribution in [0.5, 0.6) is 0 Å². The molecule has 0 atom stereocenters. The second-order valence-corrected chi connectivity index (χ2v) is 2.12. The van der Waals surface area contributed by atoms with E-state index in [1.54, 1.807) is 0 Å². The van der Waals surface area contributed by atoms with Gasteiger partial charge in [0.15, 0.2) is 0 Å². The Morgan fingerprint density at radius 1 is 1.50 bits per heavy atom. The zero-order valence-corrected chi connectivity index (χ0v) is 5.57. The third kappa shape index (κ3) is 2.96. The maximum Gasteiger partial charge on any atom is 0.0762 e. The molecule has 0 aromatic carbocycles. The van der Waals surface area contributed by atoms with Crippen LogP contribution in [-0.2, 0) is 0 Å². The van der Waals surface area contributed by atoms with Gasteiger partial charge in [-0.05, 0) is 13.5 Å². The first kappa shape index (κ1) is 7.88. The van der Waals surface area contributed by atoms with E-state index in [0.29, 0.717) is 6.54 Å². The number of nitrogens with one attached hydrogen (secondary N) is 1. The van der Waals surface area contributed by atoms with Crippen molar-refractivity contribution in [1.82, 2.24) is 5.32 Å². The van der Waals surface area contributed by atoms with E-state index in [2.05, 4.69) is 5.32 Å². The molecule has 50 valence electrons. The molecule has 0 fully saturated rings. The fourth-order valence-electron chi connectivity index (χ4n) is 0.454. The molecule has 0 heterocycles. The van der Waals surface area contributed by atoms with Gasteiger partial charge in [-0.1, -0.05) is 6.92 Å². The first-order valence-electron chi connectivity index (χ1n) is 2.85. The van der Waals surface area contributed by atoms with Crippen molar-refractivity contribution in [3.05, 3.63) is 0 Å². The average Bonchev–Trinajstić information content (AvgIpc) is 1.67. The summed E-state index contributed by atoms with van der Waals surface area (Å²) >= 11 is 0. The number of nitrogens with two attached hydrogens (primary N) is 2. The third-order valence-electron chi connectivity index (χ3n) is 1.16. The molecule has 0 amide bonds. The van der Waals surface area contributed by atoms with E-state index in [1.165, 1.54) is 0 Å². The van der Waals surface area contributed by atoms with Crippen LogP contribution in [0.3, 0.4) is 0 Å². The lowest BCUT2D eigenvalue weighted by Gasteiger charge is -2.21. The Bertz CT molecular complexity index is 60.7. The molecule has 0 aromatic heterocycles. The largest absolute Gasteiger partial charge is 0.317 e. The van der Waals surface area contributed by atoms with Crippen LogP contribution in [0.25, 0.3) is 0 Å². The molecule has 8 heavy (non-hydrogen) atoms. The Balaban J connectivity index is 3.37. The van der Waals surface area contributed by atoms with Crippen LogP contribution in [0.2, 0.25) is 0 Å². The molecule has 0 rings (SSSR count). The van der Waals surface area contributed by atoms with E-state index in [0.717, 1.165) is 6.42 Å². The molecule has 0 unspecified atom stereocenters. The van der Waals surface area contributed by atoms with E-state index in [-0.39, 0.29) is 0 Å². The molecule has 3 heteroatoms. The summed E-state index contributed by atoms with van der Waals surface area (Å²) in [6.07, 6.45) is 0.799. The van der Waals surface area contributed by atoms with Gasteiger partial charge in [-0.25, -0.2) is 0 Å². The highest BCUT2D eigenvalue weighted by Crippen LogP contribution is 1.92. The lowest BCUT2D eigenvalue weighted by molar-refractivity contribution is 0.409. The highest BCUT2D eigenvalue weighted by atomic mass is 15.0. The molecule has 0 radical (unpaired) electrons. The number of hydrogen-bond donors (Lipinski definition) is 3. The van der Waals surface area contributed by atoms with Gasteiger partial charge in [-0.3, -0.25) is 0 Å². The molecule has 0 aliphatic heterocycles. The van der Waals surface area contributed by atoms with Gasteiger partial charge < -0.3 is 16.8 Å². The van der Waals surface area contributed by atoms with E-state index in [9.17, 15) is 0 Å². The summed E-state index contributed by atoms with van der Waals surface area (Å²) in [6, 6.07) is 0. The third-order valence-corrected chi connectivity index (χ3v) is 1.16. The molecular formula is C5H15N3. The number of rotatable bonds is 3. The second kappa shape index (κ2) is 3.02. The van der Waals surface area contributed by atoms with E-state index in [1.807, 2.05) is 14.0 Å². The Labute approximate surface area is 50.4 Å². The first-order valence-corrected chi connectivity index (χ1v) is 2.85. The number of hydrogen-bond acceptors (Lipinski definition) is 3. The van der Waals surface area contributed by atoms with Crippen molar-refractivity contribution < 1.29 is 0 Å². The maximum absolute atomic E-state index is 5.54. The summed E-state index contributed by atoms with van der Waals surface area (Å²) in [5.41, 5.74) is 10.6. The van der Waals surface area contributed by atoms with Gasteiger partial charge in [0.05, 0.1) is 5.66 Å². The first-order chi connectivity index (χ1) is 3.62. The van der Waals surface area contributed by atoms with Crippen molar-refractivity contribution in [3.63, 3.8) is 0 Å². The summed E-state index contributed by atoms with van der Waals surface area (Å²) in [4.78, 5) is 0. The van der Waals surface area contributed by atoms with Crippen LogP contribution in [0, 0.1) is 0 Å². The van der Waals surface area contributed by atoms with E-state index < -0.39 is 5.66 Å². The van der Waals surface area contributed by atoms with E-state index in [4.69, 9.17) is 11.5 Å². The Hall–Kier alpha value is -0.120. The van der Waals surface area contributed by atoms with Gasteiger partial charge >= 0.3 is 0 Å². The number of likely N-dealkylation sites (N-methyl/N-ethyl adjacent to an activating group) is 1. The molecular weight excluding hydrogens is 102 g/mol. The minimum absolute atomic E-state index is 0.519. The monoisotopic (exact) mass is 117 g/mol. The zero-order valence-electron chi connectivity index (χ0n) is 5.57. The van der Waals surface area contributed by atoms with Crippen molar-refractivity contribution >= 4 is 0 Å². The molecule has 0 aromatic rings. The van der Waals surface area contributed by atoms with Crippen LogP contribution in [0.1, 0.15) is 13.3 Å². The molecule has 0 bridgehead atoms. The van der Waals surface area contributed by atoms with Crippen molar-refractivity contribution in [2.45, 2.75) is 19.0 Å². The molecule has 5 N–H and O–H groups in total. The van der Waals surface area contributed by atoms with Gasteiger partial charge in [0.25, 0.3) is 0 Å². The Morgan fingerprint density at radius 2 is 2.00 bits per heavy atom. The lowest BCUT2D eigenvalue weighted by Crippen LogP contribution is -2.55. The van der Waals surface area contributed by atoms with Gasteiger partial charge in [0.2, 0.25) is 0 Å². The van der Waals surface area contributed by atoms with Crippen LogP contribution < -0.4 is 16.8 Å². The van der Waals surface area contributed by atoms with Gasteiger partial charge in [0, 0.05) is 6.54 Å². The summed E-state index contributed by atoms with van der Waals surface area (Å²) in [7, 11) is 1.84. The molecule has 0 aliphatic carbocycles. The summed E-state index contributed by atoms with van der Waals surface area (Å²) in [6.45, 7) is 2.64. The van der Waals surface area contributed by atoms with Gasteiger partial charge in [0.1, 0.15) is 0 Å². The highest BCUT2D eigenvalue weighted by Gasteiger charge is 2.12. The molecule has 0 aliphatic rings. The standard InChI is InChI=1S/C5H15N3/c1-3-5(6,7)4-8-2/h8H,3-4,6-7H2,1-2H3. The molecule has 0 saturated heterocycles. The summed E-state index contributed by atoms with van der Waals surface area (Å²) < 4.78 is 0. The minimum atomic E-state index is -0.519. The normalized spacial score (nSPS) is 12.0. The van der Waals surface area contributed by atoms with Crippen LogP contribution in [0.4, 0.5) is 0 Å². The predicted octanol–water partition coefficient (Wildman–Crippen LogP) is -0.770. The van der Waals surface area contributed by atoms with Crippen molar-refractivity contribution in [2.24, 2.45) is 11.5 Å². The molecule has 3 nitrogen and oxygen atoms in total. The Kier molecular flexibility index (Phi) is 2.97. The predicted molar refractivity (Wildman–Crippen MR) is 35.3 cm³/mol. The molecule has 0 saturated carbocycles. The topological polar surface area (TPSA) is 64.1 Å². The van der Waals surface area contributed by atoms with Crippen molar-refractivity contribution in [1.29, 1.82) is 0 Å². The lowest BCUT2D eigenvalue weighted by atomic mass is 10.1. The highest BCUT2D eigenvalue weighted by molar-refractivity contribution is 4.75. The minimum Gasteiger partial charge on any atom is -0.317 e. The SMILES string of the molecule is CCC(N)(N)CNC. The van der Waals surface area contributed by atoms with Crippen LogP contribution in [-0.4, -0.2) is 19.3 Å². The summed E-state index contributed by atoms with van der Waals surface area (Å²) in [5, 5.41) is 2.91. The Morgan fingerprint density at radius 3 is 2.12 bits per heavy atom. The average molecular weight is 117 g/mol.